The summed E-state index contributed by atoms with van der Waals surface area (Å²) in [7, 11) is 0. The Balaban J connectivity index is 1.56. The second-order valence-electron chi connectivity index (χ2n) is 9.29. The normalized spacial score (nSPS) is 18.7. The van der Waals surface area contributed by atoms with Gasteiger partial charge in [-0.25, -0.2) is 18.6 Å². The highest BCUT2D eigenvalue weighted by atomic mass is 35.5. The monoisotopic (exact) mass is 511 g/mol. The van der Waals surface area contributed by atoms with E-state index in [1.54, 1.807) is 0 Å². The fraction of sp³-hybridized carbons (Fsp3) is 0.435. The number of hydrogen-bond donors (Lipinski definition) is 2. The van der Waals surface area contributed by atoms with Crippen molar-refractivity contribution in [1.82, 2.24) is 19.9 Å². The first kappa shape index (κ1) is 24.5. The molecule has 1 aliphatic carbocycles. The molecular weight excluding hydrogens is 487 g/mol. The third-order valence-electron chi connectivity index (χ3n) is 5.54. The van der Waals surface area contributed by atoms with Gasteiger partial charge in [0, 0.05) is 12.1 Å². The Morgan fingerprint density at radius 1 is 1.12 bits per heavy atom. The van der Waals surface area contributed by atoms with Gasteiger partial charge in [0.25, 0.3) is 0 Å². The van der Waals surface area contributed by atoms with Crippen LogP contribution in [0.15, 0.2) is 24.4 Å². The van der Waals surface area contributed by atoms with E-state index in [1.807, 2.05) is 20.8 Å². The van der Waals surface area contributed by atoms with Crippen molar-refractivity contribution >= 4 is 40.6 Å². The number of nitrogens with one attached hydrogen (secondary N) is 2. The van der Waals surface area contributed by atoms with Crippen LogP contribution in [0.4, 0.5) is 19.3 Å². The largest absolute Gasteiger partial charge is 0.444 e. The number of benzene rings is 1. The molecule has 1 fully saturated rings. The zero-order valence-corrected chi connectivity index (χ0v) is 20.5. The van der Waals surface area contributed by atoms with Gasteiger partial charge in [0.15, 0.2) is 10.8 Å². The van der Waals surface area contributed by atoms with E-state index in [-0.39, 0.29) is 33.5 Å². The summed E-state index contributed by atoms with van der Waals surface area (Å²) in [5, 5.41) is 10.8. The standard InChI is InChI=1S/C23H25Cl2F2N5O2/c1-23(2,3)34-22(33)30-13-9-7-12(8-10-13)29-20-18(25)19(17-14(26)5-4-6-15(17)27)31-32-16(24)11-28-21(20)32/h4-6,11-13,29H,7-10H2,1-3H3,(H,30,33)/t12-,13-. The average molecular weight is 512 g/mol. The number of carbonyl (C=O) groups is 1. The summed E-state index contributed by atoms with van der Waals surface area (Å²) in [5.74, 6) is -1.57. The maximum absolute atomic E-state index is 14.5. The summed E-state index contributed by atoms with van der Waals surface area (Å²) in [6.45, 7) is 5.45. The number of ether oxygens (including phenoxy) is 1. The van der Waals surface area contributed by atoms with E-state index in [0.717, 1.165) is 37.8 Å². The Bertz CT molecular complexity index is 1200. The molecule has 7 nitrogen and oxygen atoms in total. The fourth-order valence-electron chi connectivity index (χ4n) is 4.02. The van der Waals surface area contributed by atoms with Gasteiger partial charge >= 0.3 is 6.09 Å². The molecular formula is C23H25Cl2F2N5O2. The number of carbonyl (C=O) groups excluding carboxylic acids is 1. The van der Waals surface area contributed by atoms with Crippen molar-refractivity contribution in [1.29, 1.82) is 0 Å². The fourth-order valence-corrected chi connectivity index (χ4v) is 4.46. The van der Waals surface area contributed by atoms with Crippen molar-refractivity contribution in [3.63, 3.8) is 0 Å². The van der Waals surface area contributed by atoms with E-state index in [4.69, 9.17) is 27.9 Å². The average Bonchev–Trinajstić information content (AvgIpc) is 3.11. The molecule has 2 heterocycles. The molecule has 1 aromatic carbocycles. The predicted molar refractivity (Wildman–Crippen MR) is 127 cm³/mol. The summed E-state index contributed by atoms with van der Waals surface area (Å²) in [5.41, 5.74) is -0.234. The van der Waals surface area contributed by atoms with Crippen molar-refractivity contribution in [3.05, 3.63) is 46.2 Å². The topological polar surface area (TPSA) is 80.5 Å². The van der Waals surface area contributed by atoms with Crippen LogP contribution in [0.1, 0.15) is 46.5 Å². The molecule has 1 saturated carbocycles. The van der Waals surface area contributed by atoms with Crippen LogP contribution in [-0.2, 0) is 4.74 Å². The Morgan fingerprint density at radius 2 is 1.74 bits per heavy atom. The lowest BCUT2D eigenvalue weighted by atomic mass is 9.91. The van der Waals surface area contributed by atoms with Gasteiger partial charge in [0.1, 0.15) is 28.6 Å². The van der Waals surface area contributed by atoms with Crippen molar-refractivity contribution in [3.8, 4) is 11.3 Å². The molecule has 1 aliphatic rings. The first-order valence-electron chi connectivity index (χ1n) is 11.0. The van der Waals surface area contributed by atoms with Crippen LogP contribution in [0, 0.1) is 11.6 Å². The van der Waals surface area contributed by atoms with E-state index < -0.39 is 23.3 Å². The molecule has 0 spiro atoms. The highest BCUT2D eigenvalue weighted by Crippen LogP contribution is 2.39. The van der Waals surface area contributed by atoms with E-state index in [9.17, 15) is 13.6 Å². The lowest BCUT2D eigenvalue weighted by Gasteiger charge is -2.31. The molecule has 0 atom stereocenters. The number of anilines is 1. The van der Waals surface area contributed by atoms with Crippen molar-refractivity contribution in [2.24, 2.45) is 0 Å². The maximum atomic E-state index is 14.5. The van der Waals surface area contributed by atoms with Gasteiger partial charge in [-0.3, -0.25) is 0 Å². The van der Waals surface area contributed by atoms with Crippen LogP contribution in [0.5, 0.6) is 0 Å². The number of imidazole rings is 1. The molecule has 4 rings (SSSR count). The molecule has 34 heavy (non-hydrogen) atoms. The Morgan fingerprint density at radius 3 is 2.35 bits per heavy atom. The van der Waals surface area contributed by atoms with Gasteiger partial charge < -0.3 is 15.4 Å². The first-order valence-corrected chi connectivity index (χ1v) is 11.7. The second kappa shape index (κ2) is 9.54. The number of halogens is 4. The number of nitrogens with zero attached hydrogens (tertiary/aromatic N) is 3. The summed E-state index contributed by atoms with van der Waals surface area (Å²) < 4.78 is 35.7. The van der Waals surface area contributed by atoms with Crippen LogP contribution in [0.3, 0.4) is 0 Å². The summed E-state index contributed by atoms with van der Waals surface area (Å²) in [6.07, 6.45) is 3.85. The van der Waals surface area contributed by atoms with E-state index in [0.29, 0.717) is 11.3 Å². The van der Waals surface area contributed by atoms with Crippen molar-refractivity contribution < 1.29 is 18.3 Å². The first-order chi connectivity index (χ1) is 16.0. The van der Waals surface area contributed by atoms with E-state index in [1.165, 1.54) is 16.8 Å². The lowest BCUT2D eigenvalue weighted by Crippen LogP contribution is -2.42. The number of rotatable bonds is 4. The van der Waals surface area contributed by atoms with Gasteiger partial charge in [0.2, 0.25) is 0 Å². The molecule has 1 amide bonds. The number of amides is 1. The van der Waals surface area contributed by atoms with Crippen molar-refractivity contribution in [2.45, 2.75) is 64.1 Å². The maximum Gasteiger partial charge on any atom is 0.407 e. The van der Waals surface area contributed by atoms with E-state index in [2.05, 4.69) is 20.7 Å². The SMILES string of the molecule is CC(C)(C)OC(=O)N[C@H]1CC[C@H](Nc2c(Cl)c(-c3c(F)cccc3F)nn3c(Cl)cnc23)CC1. The Hall–Kier alpha value is -2.65. The van der Waals surface area contributed by atoms with Gasteiger partial charge in [0.05, 0.1) is 16.8 Å². The molecule has 3 aromatic rings. The highest BCUT2D eigenvalue weighted by Gasteiger charge is 2.28. The molecule has 0 bridgehead atoms. The smallest absolute Gasteiger partial charge is 0.407 e. The minimum absolute atomic E-state index is 0.00539. The highest BCUT2D eigenvalue weighted by molar-refractivity contribution is 6.36. The van der Waals surface area contributed by atoms with Crippen LogP contribution < -0.4 is 10.6 Å². The molecule has 0 unspecified atom stereocenters. The quantitative estimate of drug-likeness (QED) is 0.433. The summed E-state index contributed by atoms with van der Waals surface area (Å²) in [4.78, 5) is 16.3. The van der Waals surface area contributed by atoms with Gasteiger partial charge in [-0.1, -0.05) is 29.3 Å². The van der Waals surface area contributed by atoms with Gasteiger partial charge in [-0.05, 0) is 58.6 Å². The van der Waals surface area contributed by atoms with E-state index >= 15 is 0 Å². The Labute approximate surface area is 205 Å². The molecule has 2 aromatic heterocycles. The zero-order valence-electron chi connectivity index (χ0n) is 19.0. The minimum atomic E-state index is -0.787. The molecule has 0 saturated heterocycles. The second-order valence-corrected chi connectivity index (χ2v) is 10.1. The number of fused-ring (bicyclic) bond motifs is 1. The molecule has 2 N–H and O–H groups in total. The van der Waals surface area contributed by atoms with Crippen LogP contribution in [0.25, 0.3) is 16.9 Å². The molecule has 0 aliphatic heterocycles. The minimum Gasteiger partial charge on any atom is -0.444 e. The summed E-state index contributed by atoms with van der Waals surface area (Å²) in [6, 6.07) is 3.54. The molecule has 11 heteroatoms. The van der Waals surface area contributed by atoms with Gasteiger partial charge in [-0.15, -0.1) is 0 Å². The van der Waals surface area contributed by atoms with Crippen LogP contribution in [-0.4, -0.2) is 38.4 Å². The van der Waals surface area contributed by atoms with Crippen LogP contribution >= 0.6 is 23.2 Å². The molecule has 182 valence electrons. The number of aromatic nitrogens is 3. The zero-order chi connectivity index (χ0) is 24.6. The Kier molecular flexibility index (Phi) is 6.87. The summed E-state index contributed by atoms with van der Waals surface area (Å²) >= 11 is 12.8. The molecule has 0 radical (unpaired) electrons. The third-order valence-corrected chi connectivity index (χ3v) is 6.17. The lowest BCUT2D eigenvalue weighted by molar-refractivity contribution is 0.0492. The number of alkyl carbamates (subject to hydrolysis) is 1. The predicted octanol–water partition coefficient (Wildman–Crippen LogP) is 6.23. The van der Waals surface area contributed by atoms with Crippen LogP contribution in [0.2, 0.25) is 10.2 Å². The third kappa shape index (κ3) is 5.20. The van der Waals surface area contributed by atoms with Crippen molar-refractivity contribution in [2.75, 3.05) is 5.32 Å². The number of hydrogen-bond acceptors (Lipinski definition) is 5. The van der Waals surface area contributed by atoms with Gasteiger partial charge in [-0.2, -0.15) is 9.61 Å².